The summed E-state index contributed by atoms with van der Waals surface area (Å²) >= 11 is 0. The molecule has 0 saturated carbocycles. The van der Waals surface area contributed by atoms with E-state index in [4.69, 9.17) is 4.42 Å². The van der Waals surface area contributed by atoms with Crippen LogP contribution in [-0.2, 0) is 6.54 Å². The molecule has 0 bridgehead atoms. The molecule has 24 heavy (non-hydrogen) atoms. The van der Waals surface area contributed by atoms with Crippen molar-refractivity contribution < 1.29 is 8.98 Å². The predicted molar refractivity (Wildman–Crippen MR) is 95.2 cm³/mol. The predicted octanol–water partition coefficient (Wildman–Crippen LogP) is 3.90. The van der Waals surface area contributed by atoms with Gasteiger partial charge in [-0.05, 0) is 36.4 Å². The highest BCUT2D eigenvalue weighted by molar-refractivity contribution is 5.84. The summed E-state index contributed by atoms with van der Waals surface area (Å²) in [5, 5.41) is 3.38. The van der Waals surface area contributed by atoms with E-state index in [-0.39, 0.29) is 5.63 Å². The molecular formula is C21H18NO2+. The van der Waals surface area contributed by atoms with Crippen molar-refractivity contribution in [1.82, 2.24) is 0 Å². The zero-order chi connectivity index (χ0) is 16.7. The first-order valence-electron chi connectivity index (χ1n) is 8.02. The van der Waals surface area contributed by atoms with E-state index < -0.39 is 0 Å². The number of hydrogen-bond acceptors (Lipinski definition) is 2. The molecule has 2 heterocycles. The van der Waals surface area contributed by atoms with E-state index in [1.165, 1.54) is 10.8 Å². The van der Waals surface area contributed by atoms with Crippen molar-refractivity contribution >= 4 is 21.7 Å². The van der Waals surface area contributed by atoms with E-state index in [1.54, 1.807) is 6.07 Å². The third kappa shape index (κ3) is 2.48. The molecule has 0 amide bonds. The Morgan fingerprint density at radius 2 is 1.79 bits per heavy atom. The van der Waals surface area contributed by atoms with Crippen LogP contribution in [0.5, 0.6) is 0 Å². The van der Waals surface area contributed by atoms with Crippen LogP contribution < -0.4 is 10.2 Å². The second-order valence-corrected chi connectivity index (χ2v) is 6.22. The first-order valence-corrected chi connectivity index (χ1v) is 8.02. The summed E-state index contributed by atoms with van der Waals surface area (Å²) in [6, 6.07) is 16.1. The molecule has 4 aromatic rings. The van der Waals surface area contributed by atoms with Crippen molar-refractivity contribution in [2.24, 2.45) is 0 Å². The molecule has 2 aromatic carbocycles. The van der Waals surface area contributed by atoms with Crippen LogP contribution in [0, 0.1) is 13.8 Å². The van der Waals surface area contributed by atoms with E-state index in [2.05, 4.69) is 35.0 Å². The highest BCUT2D eigenvalue weighted by atomic mass is 16.4. The van der Waals surface area contributed by atoms with Crippen LogP contribution in [0.1, 0.15) is 16.7 Å². The molecule has 0 unspecified atom stereocenters. The summed E-state index contributed by atoms with van der Waals surface area (Å²) in [6.07, 6.45) is 4.15. The van der Waals surface area contributed by atoms with Gasteiger partial charge in [-0.15, -0.1) is 0 Å². The molecule has 0 radical (unpaired) electrons. The topological polar surface area (TPSA) is 34.1 Å². The molecule has 118 valence electrons. The molecule has 3 nitrogen and oxygen atoms in total. The number of hydrogen-bond donors (Lipinski definition) is 0. The molecule has 0 fully saturated rings. The lowest BCUT2D eigenvalue weighted by atomic mass is 10.0. The van der Waals surface area contributed by atoms with Crippen molar-refractivity contribution in [1.29, 1.82) is 0 Å². The third-order valence-corrected chi connectivity index (χ3v) is 4.62. The maximum Gasteiger partial charge on any atom is 0.336 e. The van der Waals surface area contributed by atoms with Gasteiger partial charge < -0.3 is 4.42 Å². The maximum absolute atomic E-state index is 12.0. The molecule has 0 aliphatic carbocycles. The van der Waals surface area contributed by atoms with Gasteiger partial charge in [0.1, 0.15) is 5.58 Å². The fourth-order valence-electron chi connectivity index (χ4n) is 3.13. The van der Waals surface area contributed by atoms with Gasteiger partial charge in [0.15, 0.2) is 18.9 Å². The second kappa shape index (κ2) is 5.60. The minimum absolute atomic E-state index is 0.299. The number of pyridine rings is 1. The first-order chi connectivity index (χ1) is 11.6. The molecular weight excluding hydrogens is 298 g/mol. The van der Waals surface area contributed by atoms with Crippen LogP contribution in [0.25, 0.3) is 21.7 Å². The molecule has 4 rings (SSSR count). The van der Waals surface area contributed by atoms with E-state index in [9.17, 15) is 4.79 Å². The average molecular weight is 316 g/mol. The van der Waals surface area contributed by atoms with Crippen molar-refractivity contribution in [3.8, 4) is 0 Å². The summed E-state index contributed by atoms with van der Waals surface area (Å²) in [5.74, 6) is 0. The van der Waals surface area contributed by atoms with Crippen LogP contribution in [-0.4, -0.2) is 0 Å². The highest BCUT2D eigenvalue weighted by Crippen LogP contribution is 2.23. The summed E-state index contributed by atoms with van der Waals surface area (Å²) in [4.78, 5) is 12.0. The van der Waals surface area contributed by atoms with Gasteiger partial charge >= 0.3 is 5.63 Å². The lowest BCUT2D eigenvalue weighted by molar-refractivity contribution is -0.686. The quantitative estimate of drug-likeness (QED) is 0.415. The van der Waals surface area contributed by atoms with Gasteiger partial charge in [0.05, 0.1) is 0 Å². The smallest absolute Gasteiger partial charge is 0.336 e. The van der Waals surface area contributed by atoms with Crippen molar-refractivity contribution in [3.05, 3.63) is 88.0 Å². The number of aromatic nitrogens is 1. The summed E-state index contributed by atoms with van der Waals surface area (Å²) in [7, 11) is 0. The minimum atomic E-state index is -0.299. The van der Waals surface area contributed by atoms with Gasteiger partial charge in [-0.25, -0.2) is 9.36 Å². The normalized spacial score (nSPS) is 11.2. The highest BCUT2D eigenvalue weighted by Gasteiger charge is 2.13. The molecule has 0 aliphatic rings. The molecule has 0 spiro atoms. The summed E-state index contributed by atoms with van der Waals surface area (Å²) < 4.78 is 7.56. The molecule has 0 aliphatic heterocycles. The minimum Gasteiger partial charge on any atom is -0.422 e. The van der Waals surface area contributed by atoms with Gasteiger partial charge in [0.25, 0.3) is 0 Å². The van der Waals surface area contributed by atoms with Crippen molar-refractivity contribution in [2.75, 3.05) is 0 Å². The Morgan fingerprint density at radius 3 is 2.62 bits per heavy atom. The Bertz CT molecular complexity index is 1130. The Kier molecular flexibility index (Phi) is 3.42. The number of rotatable bonds is 2. The Morgan fingerprint density at radius 1 is 1.00 bits per heavy atom. The van der Waals surface area contributed by atoms with Crippen LogP contribution in [0.15, 0.2) is 70.1 Å². The average Bonchev–Trinajstić information content (AvgIpc) is 2.58. The van der Waals surface area contributed by atoms with Gasteiger partial charge in [0.2, 0.25) is 0 Å². The van der Waals surface area contributed by atoms with E-state index in [1.807, 2.05) is 38.2 Å². The first kappa shape index (κ1) is 14.6. The lowest BCUT2D eigenvalue weighted by Gasteiger charge is -2.07. The zero-order valence-electron chi connectivity index (χ0n) is 13.7. The second-order valence-electron chi connectivity index (χ2n) is 6.22. The van der Waals surface area contributed by atoms with E-state index in [0.717, 1.165) is 22.1 Å². The van der Waals surface area contributed by atoms with Crippen LogP contribution in [0.4, 0.5) is 0 Å². The van der Waals surface area contributed by atoms with Crippen molar-refractivity contribution in [3.63, 3.8) is 0 Å². The van der Waals surface area contributed by atoms with Gasteiger partial charge in [-0.1, -0.05) is 30.3 Å². The molecule has 3 heteroatoms. The van der Waals surface area contributed by atoms with Gasteiger partial charge in [-0.3, -0.25) is 0 Å². The van der Waals surface area contributed by atoms with Gasteiger partial charge in [-0.2, -0.15) is 0 Å². The van der Waals surface area contributed by atoms with Crippen LogP contribution in [0.2, 0.25) is 0 Å². The number of benzene rings is 2. The largest absolute Gasteiger partial charge is 0.422 e. The SMILES string of the molecule is Cc1ccc2c(C[n+]3ccc4ccccc4c3)cc(=O)oc2c1C. The van der Waals surface area contributed by atoms with Gasteiger partial charge in [0, 0.05) is 28.5 Å². The van der Waals surface area contributed by atoms with Crippen LogP contribution >= 0.6 is 0 Å². The van der Waals surface area contributed by atoms with Crippen LogP contribution in [0.3, 0.4) is 0 Å². The maximum atomic E-state index is 12.0. The van der Waals surface area contributed by atoms with E-state index >= 15 is 0 Å². The lowest BCUT2D eigenvalue weighted by Crippen LogP contribution is -2.33. The molecule has 0 N–H and O–H groups in total. The summed E-state index contributed by atoms with van der Waals surface area (Å²) in [6.45, 7) is 4.66. The fourth-order valence-corrected chi connectivity index (χ4v) is 3.13. The number of aryl methyl sites for hydroxylation is 2. The van der Waals surface area contributed by atoms with Crippen molar-refractivity contribution in [2.45, 2.75) is 20.4 Å². The summed E-state index contributed by atoms with van der Waals surface area (Å²) in [5.41, 5.74) is 3.52. The molecule has 0 atom stereocenters. The number of fused-ring (bicyclic) bond motifs is 2. The van der Waals surface area contributed by atoms with E-state index in [0.29, 0.717) is 12.1 Å². The monoisotopic (exact) mass is 316 g/mol. The molecule has 2 aromatic heterocycles. The fraction of sp³-hybridized carbons (Fsp3) is 0.143. The Hall–Kier alpha value is -2.94. The standard InChI is InChI=1S/C21H18NO2/c1-14-7-8-19-18(11-20(23)24-21(19)15(14)2)13-22-10-9-16-5-3-4-6-17(16)12-22/h3-12H,13H2,1-2H3/q+1. The molecule has 0 saturated heterocycles. The third-order valence-electron chi connectivity index (χ3n) is 4.62. The number of nitrogens with zero attached hydrogens (tertiary/aromatic N) is 1. The zero-order valence-corrected chi connectivity index (χ0v) is 13.7. The Balaban J connectivity index is 1.86. The Labute approximate surface area is 139 Å².